The fourth-order valence-corrected chi connectivity index (χ4v) is 3.51. The van der Waals surface area contributed by atoms with Crippen LogP contribution in [0.3, 0.4) is 0 Å². The van der Waals surface area contributed by atoms with E-state index in [2.05, 4.69) is 29.4 Å². The lowest BCUT2D eigenvalue weighted by Crippen LogP contribution is -2.38. The number of hydrogen-bond acceptors (Lipinski definition) is 7. The molecule has 0 saturated heterocycles. The zero-order valence-electron chi connectivity index (χ0n) is 20.1. The summed E-state index contributed by atoms with van der Waals surface area (Å²) in [5.74, 6) is -1.66. The van der Waals surface area contributed by atoms with Crippen molar-refractivity contribution in [2.75, 3.05) is 0 Å². The van der Waals surface area contributed by atoms with Gasteiger partial charge in [0.25, 0.3) is 5.69 Å². The van der Waals surface area contributed by atoms with Gasteiger partial charge in [-0.15, -0.1) is 6.58 Å². The van der Waals surface area contributed by atoms with Crippen molar-refractivity contribution in [1.82, 2.24) is 0 Å². The number of nitro groups is 1. The predicted molar refractivity (Wildman–Crippen MR) is 133 cm³/mol. The number of nitrogens with zero attached hydrogens (tertiary/aromatic N) is 1. The molecule has 34 heavy (non-hydrogen) atoms. The molecule has 0 spiro atoms. The summed E-state index contributed by atoms with van der Waals surface area (Å²) in [6.07, 6.45) is 6.89. The molecule has 0 radical (unpaired) electrons. The molecule has 0 saturated carbocycles. The number of alkyl halides is 1. The van der Waals surface area contributed by atoms with Crippen LogP contribution in [0, 0.1) is 10.1 Å². The SMILES string of the molecule is C=CCC(=O)OCc1ccc(C(=O)OC(CCCCCCCC)C(=O)C(C)(C)Br)cc1[N+](=O)[O-]. The minimum atomic E-state index is -0.966. The Bertz CT molecular complexity index is 877. The first-order chi connectivity index (χ1) is 16.0. The standard InChI is InChI=1S/C25H34BrNO7/c1-5-7-8-9-10-11-13-21(23(29)25(3,4)26)34-24(30)18-14-15-19(20(16-18)27(31)32)17-33-22(28)12-6-2/h6,14-16,21H,2,5,7-13,17H2,1,3-4H3. The van der Waals surface area contributed by atoms with Gasteiger partial charge in [-0.25, -0.2) is 4.79 Å². The minimum Gasteiger partial charge on any atom is -0.460 e. The molecule has 188 valence electrons. The second kappa shape index (κ2) is 14.7. The largest absolute Gasteiger partial charge is 0.460 e. The Morgan fingerprint density at radius 2 is 1.82 bits per heavy atom. The summed E-state index contributed by atoms with van der Waals surface area (Å²) >= 11 is 3.34. The highest BCUT2D eigenvalue weighted by molar-refractivity contribution is 9.10. The third-order valence-electron chi connectivity index (χ3n) is 5.16. The van der Waals surface area contributed by atoms with Crippen molar-refractivity contribution < 1.29 is 28.8 Å². The molecule has 8 nitrogen and oxygen atoms in total. The van der Waals surface area contributed by atoms with Gasteiger partial charge < -0.3 is 9.47 Å². The summed E-state index contributed by atoms with van der Waals surface area (Å²) in [5.41, 5.74) is -0.290. The smallest absolute Gasteiger partial charge is 0.339 e. The Labute approximate surface area is 209 Å². The number of halogens is 1. The molecule has 0 aliphatic heterocycles. The summed E-state index contributed by atoms with van der Waals surface area (Å²) < 4.78 is 9.63. The van der Waals surface area contributed by atoms with Crippen LogP contribution in [0.5, 0.6) is 0 Å². The van der Waals surface area contributed by atoms with Gasteiger partial charge in [0.1, 0.15) is 6.61 Å². The van der Waals surface area contributed by atoms with Crippen LogP contribution in [0.25, 0.3) is 0 Å². The van der Waals surface area contributed by atoms with Gasteiger partial charge in [-0.1, -0.05) is 61.0 Å². The monoisotopic (exact) mass is 539 g/mol. The molecule has 0 aliphatic carbocycles. The van der Waals surface area contributed by atoms with Gasteiger partial charge in [0.05, 0.1) is 26.8 Å². The van der Waals surface area contributed by atoms with Gasteiger partial charge in [-0.3, -0.25) is 19.7 Å². The average molecular weight is 540 g/mol. The van der Waals surface area contributed by atoms with Crippen LogP contribution in [0.1, 0.15) is 88.1 Å². The van der Waals surface area contributed by atoms with E-state index in [4.69, 9.17) is 9.47 Å². The number of ether oxygens (including phenoxy) is 2. The topological polar surface area (TPSA) is 113 Å². The molecule has 1 atom stereocenters. The number of carbonyl (C=O) groups excluding carboxylic acids is 3. The number of carbonyl (C=O) groups is 3. The first kappa shape index (κ1) is 29.5. The van der Waals surface area contributed by atoms with Crippen LogP contribution in [0.4, 0.5) is 5.69 Å². The van der Waals surface area contributed by atoms with Gasteiger partial charge in [-0.2, -0.15) is 0 Å². The van der Waals surface area contributed by atoms with Crippen LogP contribution < -0.4 is 0 Å². The third kappa shape index (κ3) is 10.2. The number of unbranched alkanes of at least 4 members (excludes halogenated alkanes) is 5. The maximum Gasteiger partial charge on any atom is 0.339 e. The van der Waals surface area contributed by atoms with Crippen molar-refractivity contribution in [2.45, 2.75) is 89.2 Å². The van der Waals surface area contributed by atoms with E-state index in [1.165, 1.54) is 18.2 Å². The van der Waals surface area contributed by atoms with Crippen molar-refractivity contribution in [3.8, 4) is 0 Å². The van der Waals surface area contributed by atoms with Gasteiger partial charge in [0, 0.05) is 6.07 Å². The summed E-state index contributed by atoms with van der Waals surface area (Å²) in [7, 11) is 0. The van der Waals surface area contributed by atoms with Gasteiger partial charge in [-0.05, 0) is 38.8 Å². The van der Waals surface area contributed by atoms with E-state index in [0.717, 1.165) is 44.6 Å². The van der Waals surface area contributed by atoms with Crippen LogP contribution >= 0.6 is 15.9 Å². The van der Waals surface area contributed by atoms with Crippen molar-refractivity contribution in [3.05, 3.63) is 52.1 Å². The fourth-order valence-electron chi connectivity index (χ4n) is 3.25. The van der Waals surface area contributed by atoms with Crippen molar-refractivity contribution in [1.29, 1.82) is 0 Å². The lowest BCUT2D eigenvalue weighted by molar-refractivity contribution is -0.385. The fraction of sp³-hybridized carbons (Fsp3) is 0.560. The summed E-state index contributed by atoms with van der Waals surface area (Å²) in [5, 5.41) is 11.5. The zero-order valence-corrected chi connectivity index (χ0v) is 21.7. The highest BCUT2D eigenvalue weighted by Crippen LogP contribution is 2.26. The normalized spacial score (nSPS) is 12.0. The second-order valence-corrected chi connectivity index (χ2v) is 10.5. The molecule has 9 heteroatoms. The molecule has 0 amide bonds. The Kier molecular flexibility index (Phi) is 12.7. The number of benzene rings is 1. The molecule has 0 N–H and O–H groups in total. The van der Waals surface area contributed by atoms with Gasteiger partial charge in [0.2, 0.25) is 0 Å². The molecule has 1 aromatic carbocycles. The number of nitro benzene ring substituents is 1. The summed E-state index contributed by atoms with van der Waals surface area (Å²) in [6.45, 7) is 8.63. The molecule has 1 unspecified atom stereocenters. The zero-order chi connectivity index (χ0) is 25.7. The Morgan fingerprint density at radius 1 is 1.18 bits per heavy atom. The molecule has 0 fully saturated rings. The number of ketones is 1. The first-order valence-electron chi connectivity index (χ1n) is 11.5. The first-order valence-corrected chi connectivity index (χ1v) is 12.3. The van der Waals surface area contributed by atoms with Crippen molar-refractivity contribution >= 4 is 39.3 Å². The number of rotatable bonds is 16. The predicted octanol–water partition coefficient (Wildman–Crippen LogP) is 6.23. The summed E-state index contributed by atoms with van der Waals surface area (Å²) in [6, 6.07) is 3.77. The number of esters is 2. The number of hydrogen-bond donors (Lipinski definition) is 0. The number of Topliss-reactive ketones (excluding diaryl/α,β-unsaturated/α-hetero) is 1. The highest BCUT2D eigenvalue weighted by atomic mass is 79.9. The average Bonchev–Trinajstić information content (AvgIpc) is 2.77. The maximum absolute atomic E-state index is 12.8. The third-order valence-corrected chi connectivity index (χ3v) is 5.56. The van der Waals surface area contributed by atoms with Crippen LogP contribution in [-0.4, -0.2) is 33.1 Å². The lowest BCUT2D eigenvalue weighted by Gasteiger charge is -2.23. The Balaban J connectivity index is 2.95. The molecular formula is C25H34BrNO7. The van der Waals surface area contributed by atoms with E-state index in [9.17, 15) is 24.5 Å². The van der Waals surface area contributed by atoms with E-state index in [0.29, 0.717) is 6.42 Å². The van der Waals surface area contributed by atoms with E-state index in [1.54, 1.807) is 13.8 Å². The van der Waals surface area contributed by atoms with E-state index >= 15 is 0 Å². The molecule has 0 aromatic heterocycles. The Hall–Kier alpha value is -2.55. The highest BCUT2D eigenvalue weighted by Gasteiger charge is 2.34. The minimum absolute atomic E-state index is 0.0177. The van der Waals surface area contributed by atoms with Gasteiger partial charge in [0.15, 0.2) is 11.9 Å². The van der Waals surface area contributed by atoms with Crippen LogP contribution in [-0.2, 0) is 25.7 Å². The summed E-state index contributed by atoms with van der Waals surface area (Å²) in [4.78, 5) is 48.0. The van der Waals surface area contributed by atoms with Crippen molar-refractivity contribution in [2.24, 2.45) is 0 Å². The molecule has 1 aromatic rings. The van der Waals surface area contributed by atoms with Crippen molar-refractivity contribution in [3.63, 3.8) is 0 Å². The Morgan fingerprint density at radius 3 is 2.41 bits per heavy atom. The molecule has 1 rings (SSSR count). The molecule has 0 bridgehead atoms. The van der Waals surface area contributed by atoms with Crippen LogP contribution in [0.15, 0.2) is 30.9 Å². The van der Waals surface area contributed by atoms with E-state index in [-0.39, 0.29) is 35.6 Å². The maximum atomic E-state index is 12.8. The van der Waals surface area contributed by atoms with Crippen LogP contribution in [0.2, 0.25) is 0 Å². The lowest BCUT2D eigenvalue weighted by atomic mass is 9.98. The van der Waals surface area contributed by atoms with E-state index in [1.807, 2.05) is 0 Å². The molecule has 0 heterocycles. The quantitative estimate of drug-likeness (QED) is 0.0610. The van der Waals surface area contributed by atoms with E-state index < -0.39 is 27.3 Å². The molecular weight excluding hydrogens is 506 g/mol. The second-order valence-electron chi connectivity index (χ2n) is 8.54. The molecule has 0 aliphatic rings. The van der Waals surface area contributed by atoms with Gasteiger partial charge >= 0.3 is 11.9 Å².